The van der Waals surface area contributed by atoms with Gasteiger partial charge in [-0.05, 0) is 39.0 Å². The van der Waals surface area contributed by atoms with Gasteiger partial charge in [0.2, 0.25) is 0 Å². The van der Waals surface area contributed by atoms with Crippen molar-refractivity contribution in [3.8, 4) is 10.6 Å². The lowest BCUT2D eigenvalue weighted by atomic mass is 10.1. The molecule has 1 atom stereocenters. The van der Waals surface area contributed by atoms with Crippen LogP contribution in [-0.2, 0) is 4.84 Å². The number of carbonyl (C=O) groups excluding carboxylic acids is 1. The van der Waals surface area contributed by atoms with E-state index in [0.29, 0.717) is 41.9 Å². The molecular weight excluding hydrogens is 457 g/mol. The molecule has 10 heteroatoms. The molecule has 0 radical (unpaired) electrons. The molecule has 0 bridgehead atoms. The highest BCUT2D eigenvalue weighted by Gasteiger charge is 2.28. The lowest BCUT2D eigenvalue weighted by Gasteiger charge is -2.22. The van der Waals surface area contributed by atoms with E-state index < -0.39 is 0 Å². The van der Waals surface area contributed by atoms with Crippen molar-refractivity contribution in [2.75, 3.05) is 24.7 Å². The second-order valence-electron chi connectivity index (χ2n) is 7.21. The molecule has 0 saturated carbocycles. The average molecular weight is 480 g/mol. The van der Waals surface area contributed by atoms with Gasteiger partial charge in [-0.3, -0.25) is 9.63 Å². The molecule has 1 aliphatic heterocycles. The first-order valence-corrected chi connectivity index (χ1v) is 10.9. The molecule has 0 N–H and O–H groups in total. The van der Waals surface area contributed by atoms with Crippen LogP contribution in [0.25, 0.3) is 10.6 Å². The summed E-state index contributed by atoms with van der Waals surface area (Å²) in [6.07, 6.45) is 1.53. The van der Waals surface area contributed by atoms with Crippen molar-refractivity contribution in [2.45, 2.75) is 26.9 Å². The van der Waals surface area contributed by atoms with Crippen LogP contribution in [-0.4, -0.2) is 51.5 Å². The lowest BCUT2D eigenvalue weighted by Crippen LogP contribution is -2.37. The van der Waals surface area contributed by atoms with Crippen LogP contribution in [0.1, 0.15) is 28.8 Å². The van der Waals surface area contributed by atoms with Crippen LogP contribution in [0.4, 0.5) is 5.82 Å². The molecule has 2 aromatic heterocycles. The van der Waals surface area contributed by atoms with Crippen molar-refractivity contribution in [3.05, 3.63) is 57.9 Å². The van der Waals surface area contributed by atoms with Crippen molar-refractivity contribution < 1.29 is 9.63 Å². The maximum Gasteiger partial charge on any atom is 0.254 e. The van der Waals surface area contributed by atoms with Crippen LogP contribution < -0.4 is 5.06 Å². The number of nitrogens with zero attached hydrogens (tertiary/aromatic N) is 5. The monoisotopic (exact) mass is 479 g/mol. The molecule has 3 aromatic rings. The number of hydrogen-bond donors (Lipinski definition) is 0. The molecule has 164 valence electrons. The van der Waals surface area contributed by atoms with Gasteiger partial charge in [0.05, 0.1) is 12.1 Å². The number of benzene rings is 1. The molecule has 1 fully saturated rings. The topological polar surface area (TPSA) is 71.5 Å². The van der Waals surface area contributed by atoms with Crippen LogP contribution in [0.15, 0.2) is 35.8 Å². The molecule has 1 aromatic carbocycles. The number of rotatable bonds is 3. The van der Waals surface area contributed by atoms with E-state index in [9.17, 15) is 4.79 Å². The summed E-state index contributed by atoms with van der Waals surface area (Å²) in [6.45, 7) is 7.18. The Bertz CT molecular complexity index is 1040. The summed E-state index contributed by atoms with van der Waals surface area (Å²) in [6, 6.07) is 7.23. The molecule has 0 unspecified atom stereocenters. The fraction of sp³-hybridized carbons (Fsp3) is 0.333. The standard InChI is InChI=1S/C21H22ClN5O2S.ClH/c1-13-10-19(25-15(3)24-13)27-8-7-26(12-14(2)29-27)21(28)18-11-16(22)4-5-17(18)20-23-6-9-30-20;/h4-6,9-11,14H,7-8,12H2,1-3H3;1H/t14-;/m0./s1. The molecule has 1 saturated heterocycles. The zero-order valence-corrected chi connectivity index (χ0v) is 19.8. The van der Waals surface area contributed by atoms with Crippen molar-refractivity contribution in [1.29, 1.82) is 0 Å². The summed E-state index contributed by atoms with van der Waals surface area (Å²) >= 11 is 7.71. The van der Waals surface area contributed by atoms with Gasteiger partial charge < -0.3 is 4.90 Å². The largest absolute Gasteiger partial charge is 0.334 e. The Morgan fingerprint density at radius 2 is 2.03 bits per heavy atom. The normalized spacial score (nSPS) is 16.6. The first-order valence-electron chi connectivity index (χ1n) is 9.66. The summed E-state index contributed by atoms with van der Waals surface area (Å²) in [5, 5.41) is 4.96. The fourth-order valence-electron chi connectivity index (χ4n) is 3.50. The highest BCUT2D eigenvalue weighted by molar-refractivity contribution is 7.13. The van der Waals surface area contributed by atoms with E-state index in [0.717, 1.165) is 16.3 Å². The third-order valence-corrected chi connectivity index (χ3v) is 5.77. The highest BCUT2D eigenvalue weighted by Crippen LogP contribution is 2.29. The molecule has 0 aliphatic carbocycles. The maximum atomic E-state index is 13.5. The fourth-order valence-corrected chi connectivity index (χ4v) is 4.35. The first kappa shape index (κ1) is 23.4. The Morgan fingerprint density at radius 1 is 1.23 bits per heavy atom. The maximum absolute atomic E-state index is 13.5. The number of anilines is 1. The molecule has 1 amide bonds. The zero-order valence-electron chi connectivity index (χ0n) is 17.4. The van der Waals surface area contributed by atoms with E-state index in [2.05, 4.69) is 15.0 Å². The highest BCUT2D eigenvalue weighted by atomic mass is 35.5. The molecule has 0 spiro atoms. The SMILES string of the molecule is Cc1cc(N2CCN(C(=O)c3cc(Cl)ccc3-c3nccs3)C[C@H](C)O2)nc(C)n1.Cl. The van der Waals surface area contributed by atoms with Crippen LogP contribution in [0.2, 0.25) is 5.02 Å². The summed E-state index contributed by atoms with van der Waals surface area (Å²) < 4.78 is 0. The van der Waals surface area contributed by atoms with Crippen LogP contribution >= 0.6 is 35.3 Å². The van der Waals surface area contributed by atoms with Gasteiger partial charge in [-0.2, -0.15) is 0 Å². The number of amides is 1. The number of hydrogen-bond acceptors (Lipinski definition) is 7. The van der Waals surface area contributed by atoms with Gasteiger partial charge >= 0.3 is 0 Å². The quantitative estimate of drug-likeness (QED) is 0.547. The average Bonchev–Trinajstić information content (AvgIpc) is 3.15. The van der Waals surface area contributed by atoms with E-state index in [-0.39, 0.29) is 24.4 Å². The predicted octanol–water partition coefficient (Wildman–Crippen LogP) is 4.57. The third kappa shape index (κ3) is 5.33. The van der Waals surface area contributed by atoms with Gasteiger partial charge in [-0.25, -0.2) is 20.0 Å². The number of carbonyl (C=O) groups is 1. The number of aryl methyl sites for hydroxylation is 2. The Hall–Kier alpha value is -2.26. The minimum absolute atomic E-state index is 0. The van der Waals surface area contributed by atoms with Crippen molar-refractivity contribution in [2.24, 2.45) is 0 Å². The number of hydroxylamine groups is 1. The first-order chi connectivity index (χ1) is 14.4. The number of thiazole rings is 1. The van der Waals surface area contributed by atoms with E-state index in [1.165, 1.54) is 11.3 Å². The summed E-state index contributed by atoms with van der Waals surface area (Å²) in [5.41, 5.74) is 2.21. The van der Waals surface area contributed by atoms with Gasteiger partial charge in [-0.15, -0.1) is 23.7 Å². The number of halogens is 2. The van der Waals surface area contributed by atoms with Gasteiger partial charge in [0, 0.05) is 47.0 Å². The summed E-state index contributed by atoms with van der Waals surface area (Å²) in [7, 11) is 0. The van der Waals surface area contributed by atoms with Crippen molar-refractivity contribution in [3.63, 3.8) is 0 Å². The van der Waals surface area contributed by atoms with Crippen molar-refractivity contribution in [1.82, 2.24) is 19.9 Å². The van der Waals surface area contributed by atoms with Crippen LogP contribution in [0, 0.1) is 13.8 Å². The Morgan fingerprint density at radius 3 is 2.74 bits per heavy atom. The molecule has 1 aliphatic rings. The van der Waals surface area contributed by atoms with Gasteiger partial charge in [0.25, 0.3) is 5.91 Å². The minimum Gasteiger partial charge on any atom is -0.334 e. The zero-order chi connectivity index (χ0) is 21.3. The van der Waals surface area contributed by atoms with Gasteiger partial charge in [0.15, 0.2) is 5.82 Å². The Balaban J connectivity index is 0.00000272. The van der Waals surface area contributed by atoms with Gasteiger partial charge in [0.1, 0.15) is 16.9 Å². The Labute approximate surface area is 196 Å². The molecular formula is C21H23Cl2N5O2S. The molecule has 7 nitrogen and oxygen atoms in total. The lowest BCUT2D eigenvalue weighted by molar-refractivity contribution is 0.0423. The minimum atomic E-state index is -0.200. The van der Waals surface area contributed by atoms with Crippen LogP contribution in [0.5, 0.6) is 0 Å². The van der Waals surface area contributed by atoms with Crippen molar-refractivity contribution >= 4 is 47.1 Å². The third-order valence-electron chi connectivity index (χ3n) is 4.73. The predicted molar refractivity (Wildman–Crippen MR) is 125 cm³/mol. The summed E-state index contributed by atoms with van der Waals surface area (Å²) in [4.78, 5) is 34.5. The smallest absolute Gasteiger partial charge is 0.254 e. The Kier molecular flexibility index (Phi) is 7.48. The molecule has 4 rings (SSSR count). The van der Waals surface area contributed by atoms with E-state index in [1.54, 1.807) is 28.3 Å². The molecule has 3 heterocycles. The molecule has 31 heavy (non-hydrogen) atoms. The number of aromatic nitrogens is 3. The second kappa shape index (κ2) is 9.91. The van der Waals surface area contributed by atoms with Gasteiger partial charge in [-0.1, -0.05) is 11.6 Å². The second-order valence-corrected chi connectivity index (χ2v) is 8.54. The van der Waals surface area contributed by atoms with Crippen LogP contribution in [0.3, 0.4) is 0 Å². The van der Waals surface area contributed by atoms with E-state index in [4.69, 9.17) is 16.4 Å². The van der Waals surface area contributed by atoms with E-state index in [1.807, 2.05) is 38.3 Å². The summed E-state index contributed by atoms with van der Waals surface area (Å²) in [5.74, 6) is 1.30. The van der Waals surface area contributed by atoms with E-state index >= 15 is 0 Å².